The molecule has 0 spiro atoms. The zero-order valence-electron chi connectivity index (χ0n) is 9.53. The summed E-state index contributed by atoms with van der Waals surface area (Å²) in [7, 11) is 3.59. The average molecular weight is 207 g/mol. The number of benzene rings is 1. The molecule has 1 rings (SSSR count). The largest absolute Gasteiger partial charge is 0.328 e. The van der Waals surface area contributed by atoms with Crippen LogP contribution in [0.15, 0.2) is 30.3 Å². The maximum Gasteiger partial charge on any atom is 0.143 e. The van der Waals surface area contributed by atoms with Gasteiger partial charge in [0.2, 0.25) is 0 Å². The molecule has 0 aromatic heterocycles. The van der Waals surface area contributed by atoms with Crippen LogP contribution in [0, 0.1) is 0 Å². The van der Waals surface area contributed by atoms with Crippen LogP contribution in [0.3, 0.4) is 0 Å². The van der Waals surface area contributed by atoms with Crippen molar-refractivity contribution in [2.24, 2.45) is 0 Å². The Morgan fingerprint density at radius 3 is 2.29 bits per heavy atom. The van der Waals surface area contributed by atoms with Crippen molar-refractivity contribution in [1.82, 2.24) is 4.57 Å². The summed E-state index contributed by atoms with van der Waals surface area (Å²) in [5.41, 5.74) is 0. The van der Waals surface area contributed by atoms with Crippen LogP contribution < -0.4 is 5.19 Å². The summed E-state index contributed by atoms with van der Waals surface area (Å²) in [6.07, 6.45) is 2.67. The highest BCUT2D eigenvalue weighted by atomic mass is 28.3. The van der Waals surface area contributed by atoms with Gasteiger partial charge in [-0.05, 0) is 25.3 Å². The second-order valence-corrected chi connectivity index (χ2v) is 7.34. The van der Waals surface area contributed by atoms with Gasteiger partial charge < -0.3 is 4.57 Å². The van der Waals surface area contributed by atoms with Gasteiger partial charge >= 0.3 is 0 Å². The maximum absolute atomic E-state index is 2.45. The van der Waals surface area contributed by atoms with Gasteiger partial charge in [-0.2, -0.15) is 0 Å². The molecule has 0 amide bonds. The lowest BCUT2D eigenvalue weighted by atomic mass is 10.4. The van der Waals surface area contributed by atoms with E-state index in [0.29, 0.717) is 0 Å². The summed E-state index contributed by atoms with van der Waals surface area (Å²) in [5, 5.41) is 1.57. The molecule has 1 aromatic rings. The Kier molecular flexibility index (Phi) is 4.91. The zero-order valence-corrected chi connectivity index (χ0v) is 10.7. The lowest BCUT2D eigenvalue weighted by molar-refractivity contribution is 0.638. The molecule has 1 nitrogen and oxygen atoms in total. The lowest BCUT2D eigenvalue weighted by Crippen LogP contribution is -2.43. The van der Waals surface area contributed by atoms with Crippen LogP contribution in [0.2, 0.25) is 6.04 Å². The van der Waals surface area contributed by atoms with Crippen LogP contribution in [0.25, 0.3) is 0 Å². The first-order valence-electron chi connectivity index (χ1n) is 5.47. The van der Waals surface area contributed by atoms with Crippen molar-refractivity contribution in [2.75, 3.05) is 14.1 Å². The van der Waals surface area contributed by atoms with Crippen LogP contribution in [0.1, 0.15) is 19.8 Å². The first-order valence-corrected chi connectivity index (χ1v) is 7.38. The van der Waals surface area contributed by atoms with Gasteiger partial charge in [-0.3, -0.25) is 0 Å². The van der Waals surface area contributed by atoms with Gasteiger partial charge in [-0.25, -0.2) is 0 Å². The van der Waals surface area contributed by atoms with Crippen LogP contribution in [0.5, 0.6) is 0 Å². The van der Waals surface area contributed by atoms with E-state index in [1.54, 1.807) is 5.19 Å². The van der Waals surface area contributed by atoms with Gasteiger partial charge in [0.1, 0.15) is 8.96 Å². The van der Waals surface area contributed by atoms with Crippen molar-refractivity contribution in [3.8, 4) is 0 Å². The highest BCUT2D eigenvalue weighted by molar-refractivity contribution is 6.70. The van der Waals surface area contributed by atoms with Crippen molar-refractivity contribution in [2.45, 2.75) is 25.8 Å². The Balaban J connectivity index is 2.68. The normalized spacial score (nSPS) is 13.1. The maximum atomic E-state index is 2.45. The lowest BCUT2D eigenvalue weighted by Gasteiger charge is -2.22. The summed E-state index contributed by atoms with van der Waals surface area (Å²) < 4.78 is 2.45. The molecule has 78 valence electrons. The van der Waals surface area contributed by atoms with E-state index in [0.717, 1.165) is 0 Å². The second kappa shape index (κ2) is 5.99. The van der Waals surface area contributed by atoms with Gasteiger partial charge in [0.25, 0.3) is 0 Å². The molecule has 1 unspecified atom stereocenters. The SMILES string of the molecule is CCCC[SiH](c1ccccc1)N(C)C. The van der Waals surface area contributed by atoms with E-state index in [1.807, 2.05) is 0 Å². The highest BCUT2D eigenvalue weighted by Gasteiger charge is 2.14. The molecule has 1 aromatic carbocycles. The Bertz CT molecular complexity index is 246. The molecule has 0 N–H and O–H groups in total. The fraction of sp³-hybridized carbons (Fsp3) is 0.500. The first kappa shape index (κ1) is 11.5. The van der Waals surface area contributed by atoms with Gasteiger partial charge in [0.05, 0.1) is 0 Å². The molecule has 0 heterocycles. The van der Waals surface area contributed by atoms with E-state index in [-0.39, 0.29) is 0 Å². The van der Waals surface area contributed by atoms with Gasteiger partial charge in [-0.15, -0.1) is 0 Å². The Hall–Kier alpha value is -0.603. The Morgan fingerprint density at radius 1 is 1.14 bits per heavy atom. The molecule has 0 bridgehead atoms. The van der Waals surface area contributed by atoms with Gasteiger partial charge in [-0.1, -0.05) is 50.1 Å². The first-order chi connectivity index (χ1) is 6.75. The van der Waals surface area contributed by atoms with E-state index in [2.05, 4.69) is 55.9 Å². The predicted octanol–water partition coefficient (Wildman–Crippen LogP) is 1.98. The minimum atomic E-state index is -0.850. The molecule has 0 aliphatic carbocycles. The number of unbranched alkanes of at least 4 members (excludes halogenated alkanes) is 1. The fourth-order valence-corrected chi connectivity index (χ4v) is 4.70. The topological polar surface area (TPSA) is 3.24 Å². The van der Waals surface area contributed by atoms with Gasteiger partial charge in [0.15, 0.2) is 0 Å². The standard InChI is InChI=1S/C12H21NSi/c1-4-5-11-14(13(2)3)12-9-7-6-8-10-12/h6-10,14H,4-5,11H2,1-3H3. The third kappa shape index (κ3) is 3.27. The molecule has 0 radical (unpaired) electrons. The van der Waals surface area contributed by atoms with E-state index in [9.17, 15) is 0 Å². The summed E-state index contributed by atoms with van der Waals surface area (Å²) in [4.78, 5) is 0. The molecule has 0 fully saturated rings. The zero-order chi connectivity index (χ0) is 10.4. The number of rotatable bonds is 5. The monoisotopic (exact) mass is 207 g/mol. The minimum absolute atomic E-state index is 0.850. The van der Waals surface area contributed by atoms with E-state index < -0.39 is 8.96 Å². The molecule has 1 atom stereocenters. The third-order valence-corrected chi connectivity index (χ3v) is 6.00. The van der Waals surface area contributed by atoms with Crippen LogP contribution in [-0.4, -0.2) is 27.6 Å². The summed E-state index contributed by atoms with van der Waals surface area (Å²) in [5.74, 6) is 0. The van der Waals surface area contributed by atoms with Crippen molar-refractivity contribution in [1.29, 1.82) is 0 Å². The number of hydrogen-bond acceptors (Lipinski definition) is 1. The highest BCUT2D eigenvalue weighted by Crippen LogP contribution is 2.03. The molecule has 0 aliphatic rings. The predicted molar refractivity (Wildman–Crippen MR) is 66.6 cm³/mol. The summed E-state index contributed by atoms with van der Waals surface area (Å²) in [6.45, 7) is 2.27. The van der Waals surface area contributed by atoms with E-state index >= 15 is 0 Å². The van der Waals surface area contributed by atoms with Crippen LogP contribution in [-0.2, 0) is 0 Å². The quantitative estimate of drug-likeness (QED) is 0.667. The van der Waals surface area contributed by atoms with Gasteiger partial charge in [0, 0.05) is 0 Å². The smallest absolute Gasteiger partial charge is 0.143 e. The fourth-order valence-electron chi connectivity index (χ4n) is 1.80. The third-order valence-electron chi connectivity index (χ3n) is 2.64. The molecule has 0 saturated heterocycles. The van der Waals surface area contributed by atoms with Crippen LogP contribution in [0.4, 0.5) is 0 Å². The van der Waals surface area contributed by atoms with Crippen molar-refractivity contribution in [3.63, 3.8) is 0 Å². The molecule has 2 heteroatoms. The summed E-state index contributed by atoms with van der Waals surface area (Å²) in [6, 6.07) is 12.4. The van der Waals surface area contributed by atoms with Crippen molar-refractivity contribution >= 4 is 14.1 Å². The van der Waals surface area contributed by atoms with Crippen molar-refractivity contribution in [3.05, 3.63) is 30.3 Å². The Morgan fingerprint density at radius 2 is 1.79 bits per heavy atom. The molecule has 14 heavy (non-hydrogen) atoms. The number of nitrogens with zero attached hydrogens (tertiary/aromatic N) is 1. The van der Waals surface area contributed by atoms with E-state index in [1.165, 1.54) is 18.9 Å². The molecule has 0 saturated carbocycles. The summed E-state index contributed by atoms with van der Waals surface area (Å²) >= 11 is 0. The van der Waals surface area contributed by atoms with Crippen LogP contribution >= 0.6 is 0 Å². The molecular formula is C12H21NSi. The second-order valence-electron chi connectivity index (χ2n) is 4.03. The van der Waals surface area contributed by atoms with E-state index in [4.69, 9.17) is 0 Å². The minimum Gasteiger partial charge on any atom is -0.328 e. The Labute approximate surface area is 89.4 Å². The van der Waals surface area contributed by atoms with Crippen molar-refractivity contribution < 1.29 is 0 Å². The molecular weight excluding hydrogens is 186 g/mol. The number of hydrogen-bond donors (Lipinski definition) is 0. The molecule has 0 aliphatic heterocycles. The average Bonchev–Trinajstić information content (AvgIpc) is 2.19.